The van der Waals surface area contributed by atoms with Crippen LogP contribution in [-0.2, 0) is 4.79 Å². The van der Waals surface area contributed by atoms with Crippen molar-refractivity contribution in [1.29, 1.82) is 0 Å². The van der Waals surface area contributed by atoms with Crippen molar-refractivity contribution in [2.75, 3.05) is 13.7 Å². The zero-order chi connectivity index (χ0) is 23.6. The van der Waals surface area contributed by atoms with Crippen molar-refractivity contribution in [1.82, 2.24) is 5.32 Å². The first-order valence-electron chi connectivity index (χ1n) is 10.3. The van der Waals surface area contributed by atoms with Crippen LogP contribution in [0, 0.1) is 17.8 Å². The molecule has 0 unspecified atom stereocenters. The van der Waals surface area contributed by atoms with Gasteiger partial charge in [0, 0.05) is 22.3 Å². The molecule has 32 heavy (non-hydrogen) atoms. The summed E-state index contributed by atoms with van der Waals surface area (Å²) in [5, 5.41) is 13.8. The van der Waals surface area contributed by atoms with Gasteiger partial charge < -0.3 is 25.6 Å². The number of carbonyl (C=O) groups excluding carboxylic acids is 2. The van der Waals surface area contributed by atoms with Crippen LogP contribution in [-0.4, -0.2) is 48.5 Å². The Morgan fingerprint density at radius 2 is 2.00 bits per heavy atom. The van der Waals surface area contributed by atoms with E-state index in [1.165, 1.54) is 7.11 Å². The van der Waals surface area contributed by atoms with E-state index in [0.717, 1.165) is 0 Å². The fraction of sp³-hybridized carbons (Fsp3) is 0.417. The molecule has 1 saturated heterocycles. The van der Waals surface area contributed by atoms with Crippen LogP contribution in [0.3, 0.4) is 0 Å². The minimum Gasteiger partial charge on any atom is -0.496 e. The molecule has 0 bridgehead atoms. The molecule has 3 rings (SSSR count). The lowest BCUT2D eigenvalue weighted by Crippen LogP contribution is -2.34. The Kier molecular flexibility index (Phi) is 6.60. The van der Waals surface area contributed by atoms with Crippen molar-refractivity contribution in [3.05, 3.63) is 35.4 Å². The van der Waals surface area contributed by atoms with Gasteiger partial charge in [0.1, 0.15) is 23.7 Å². The molecule has 2 aromatic carbocycles. The van der Waals surface area contributed by atoms with Gasteiger partial charge in [0.25, 0.3) is 11.8 Å². The fourth-order valence-corrected chi connectivity index (χ4v) is 3.77. The monoisotopic (exact) mass is 442 g/mol. The van der Waals surface area contributed by atoms with Crippen molar-refractivity contribution >= 4 is 22.6 Å². The van der Waals surface area contributed by atoms with Crippen LogP contribution >= 0.6 is 0 Å². The lowest BCUT2D eigenvalue weighted by Gasteiger charge is -2.20. The van der Waals surface area contributed by atoms with Gasteiger partial charge in [-0.25, -0.2) is 4.39 Å². The SMILES string of the molecule is CC[C@@H]1[C@H](F)C(=O)N[C@@H]1COc1ccc(C#CC(C)(C)O)c2cc(C(N)=O)c(OC)cc12. The minimum atomic E-state index is -1.55. The van der Waals surface area contributed by atoms with E-state index in [0.29, 0.717) is 28.5 Å². The number of hydrogen-bond acceptors (Lipinski definition) is 5. The molecule has 4 N–H and O–H groups in total. The number of halogens is 1. The van der Waals surface area contributed by atoms with Crippen LogP contribution < -0.4 is 20.5 Å². The van der Waals surface area contributed by atoms with Gasteiger partial charge in [0.05, 0.1) is 18.7 Å². The van der Waals surface area contributed by atoms with Crippen molar-refractivity contribution < 1.29 is 28.6 Å². The largest absolute Gasteiger partial charge is 0.496 e. The highest BCUT2D eigenvalue weighted by molar-refractivity contribution is 6.03. The number of ether oxygens (including phenoxy) is 2. The second-order valence-electron chi connectivity index (χ2n) is 8.28. The molecular formula is C24H27FN2O5. The third-order valence-corrected chi connectivity index (χ3v) is 5.43. The quantitative estimate of drug-likeness (QED) is 0.595. The number of nitrogens with one attached hydrogen (secondary N) is 1. The van der Waals surface area contributed by atoms with Gasteiger partial charge in [-0.2, -0.15) is 0 Å². The molecular weight excluding hydrogens is 415 g/mol. The fourth-order valence-electron chi connectivity index (χ4n) is 3.77. The zero-order valence-corrected chi connectivity index (χ0v) is 18.5. The molecule has 0 aliphatic carbocycles. The maximum Gasteiger partial charge on any atom is 0.255 e. The van der Waals surface area contributed by atoms with Crippen molar-refractivity contribution in [2.24, 2.45) is 11.7 Å². The first kappa shape index (κ1) is 23.4. The summed E-state index contributed by atoms with van der Waals surface area (Å²) in [4.78, 5) is 23.6. The standard InChI is InChI=1S/C24H27FN2O5/c1-5-14-18(27-23(29)21(14)25)12-32-19-7-6-13(8-9-24(2,3)30)15-10-17(22(26)28)20(31-4)11-16(15)19/h6-7,10-11,14,18,21,30H,5,12H2,1-4H3,(H2,26,28)(H,27,29)/t14-,18+,21-/m0/s1. The molecule has 8 heteroatoms. The van der Waals surface area contributed by atoms with Gasteiger partial charge in [-0.3, -0.25) is 9.59 Å². The predicted molar refractivity (Wildman–Crippen MR) is 118 cm³/mol. The number of carbonyl (C=O) groups is 2. The summed E-state index contributed by atoms with van der Waals surface area (Å²) >= 11 is 0. The Hall–Kier alpha value is -3.31. The summed E-state index contributed by atoms with van der Waals surface area (Å²) in [6, 6.07) is 6.14. The molecule has 2 aromatic rings. The predicted octanol–water partition coefficient (Wildman–Crippen LogP) is 2.31. The summed E-state index contributed by atoms with van der Waals surface area (Å²) in [7, 11) is 1.42. The first-order valence-corrected chi connectivity index (χ1v) is 10.3. The molecule has 0 radical (unpaired) electrons. The van der Waals surface area contributed by atoms with E-state index in [4.69, 9.17) is 15.2 Å². The molecule has 0 spiro atoms. The van der Waals surface area contributed by atoms with Crippen molar-refractivity contribution in [3.8, 4) is 23.3 Å². The van der Waals surface area contributed by atoms with Crippen LogP contribution in [0.2, 0.25) is 0 Å². The number of amides is 2. The van der Waals surface area contributed by atoms with Gasteiger partial charge in [-0.1, -0.05) is 18.8 Å². The van der Waals surface area contributed by atoms with Crippen LogP contribution in [0.4, 0.5) is 4.39 Å². The number of rotatable bonds is 6. The average molecular weight is 442 g/mol. The van der Waals surface area contributed by atoms with Gasteiger partial charge >= 0.3 is 0 Å². The van der Waals surface area contributed by atoms with Crippen molar-refractivity contribution in [3.63, 3.8) is 0 Å². The number of methoxy groups -OCH3 is 1. The molecule has 2 amide bonds. The molecule has 3 atom stereocenters. The van der Waals surface area contributed by atoms with Crippen LogP contribution in [0.25, 0.3) is 10.8 Å². The number of aliphatic hydroxyl groups is 1. The summed E-state index contributed by atoms with van der Waals surface area (Å²) in [5.41, 5.74) is 5.04. The number of benzene rings is 2. The normalized spacial score (nSPS) is 20.4. The van der Waals surface area contributed by atoms with E-state index < -0.39 is 35.5 Å². The summed E-state index contributed by atoms with van der Waals surface area (Å²) in [5.74, 6) is 4.65. The lowest BCUT2D eigenvalue weighted by atomic mass is 9.96. The van der Waals surface area contributed by atoms with E-state index >= 15 is 0 Å². The molecule has 7 nitrogen and oxygen atoms in total. The minimum absolute atomic E-state index is 0.0777. The number of alkyl halides is 1. The summed E-state index contributed by atoms with van der Waals surface area (Å²) in [6.07, 6.45) is -1.06. The van der Waals surface area contributed by atoms with E-state index in [2.05, 4.69) is 17.2 Å². The number of hydrogen-bond donors (Lipinski definition) is 3. The highest BCUT2D eigenvalue weighted by atomic mass is 19.1. The Labute approximate surface area is 186 Å². The Morgan fingerprint density at radius 3 is 2.59 bits per heavy atom. The van der Waals surface area contributed by atoms with E-state index in [1.807, 2.05) is 6.92 Å². The zero-order valence-electron chi connectivity index (χ0n) is 18.5. The Bertz CT molecular complexity index is 1110. The Balaban J connectivity index is 2.06. The Morgan fingerprint density at radius 1 is 1.28 bits per heavy atom. The smallest absolute Gasteiger partial charge is 0.255 e. The van der Waals surface area contributed by atoms with Gasteiger partial charge in [-0.05, 0) is 44.5 Å². The maximum atomic E-state index is 14.1. The molecule has 1 fully saturated rings. The molecule has 1 aliphatic heterocycles. The van der Waals surface area contributed by atoms with Crippen molar-refractivity contribution in [2.45, 2.75) is 45.0 Å². The van der Waals surface area contributed by atoms with Crippen LogP contribution in [0.1, 0.15) is 43.1 Å². The van der Waals surface area contributed by atoms with Gasteiger partial charge in [0.15, 0.2) is 6.17 Å². The van der Waals surface area contributed by atoms with E-state index in [1.54, 1.807) is 38.1 Å². The van der Waals surface area contributed by atoms with E-state index in [9.17, 15) is 19.1 Å². The molecule has 0 aromatic heterocycles. The maximum absolute atomic E-state index is 14.1. The summed E-state index contributed by atoms with van der Waals surface area (Å²) < 4.78 is 25.4. The topological polar surface area (TPSA) is 111 Å². The summed E-state index contributed by atoms with van der Waals surface area (Å²) in [6.45, 7) is 5.03. The highest BCUT2D eigenvalue weighted by Gasteiger charge is 2.41. The third kappa shape index (κ3) is 4.78. The highest BCUT2D eigenvalue weighted by Crippen LogP contribution is 2.35. The second-order valence-corrected chi connectivity index (χ2v) is 8.28. The lowest BCUT2D eigenvalue weighted by molar-refractivity contribution is -0.123. The first-order chi connectivity index (χ1) is 15.1. The van der Waals surface area contributed by atoms with Crippen LogP contribution in [0.15, 0.2) is 24.3 Å². The molecule has 0 saturated carbocycles. The molecule has 1 aliphatic rings. The van der Waals surface area contributed by atoms with Gasteiger partial charge in [-0.15, -0.1) is 0 Å². The number of fused-ring (bicyclic) bond motifs is 1. The van der Waals surface area contributed by atoms with Crippen LogP contribution in [0.5, 0.6) is 11.5 Å². The third-order valence-electron chi connectivity index (χ3n) is 5.43. The van der Waals surface area contributed by atoms with Gasteiger partial charge in [0.2, 0.25) is 0 Å². The second kappa shape index (κ2) is 9.05. The number of primary amides is 1. The number of nitrogens with two attached hydrogens (primary N) is 1. The molecule has 170 valence electrons. The molecule has 1 heterocycles. The average Bonchev–Trinajstić information content (AvgIpc) is 3.01. The van der Waals surface area contributed by atoms with E-state index in [-0.39, 0.29) is 17.9 Å².